The summed E-state index contributed by atoms with van der Waals surface area (Å²) in [6, 6.07) is 12.0. The van der Waals surface area contributed by atoms with Gasteiger partial charge in [-0.05, 0) is 42.2 Å². The van der Waals surface area contributed by atoms with Crippen LogP contribution in [0.1, 0.15) is 42.8 Å². The number of benzene rings is 1. The lowest BCUT2D eigenvalue weighted by Gasteiger charge is -2.26. The van der Waals surface area contributed by atoms with Crippen LogP contribution in [-0.4, -0.2) is 50.3 Å². The Labute approximate surface area is 178 Å². The number of aryl methyl sites for hydroxylation is 1. The molecule has 6 nitrogen and oxygen atoms in total. The van der Waals surface area contributed by atoms with Gasteiger partial charge in [-0.2, -0.15) is 0 Å². The average molecular weight is 413 g/mol. The van der Waals surface area contributed by atoms with Crippen molar-refractivity contribution >= 4 is 5.91 Å². The molecule has 1 saturated heterocycles. The van der Waals surface area contributed by atoms with Crippen LogP contribution in [0.25, 0.3) is 0 Å². The second kappa shape index (κ2) is 10.1. The van der Waals surface area contributed by atoms with Gasteiger partial charge in [0.1, 0.15) is 23.9 Å². The molecule has 1 amide bonds. The number of carbonyl (C=O) groups excluding carboxylic acids is 1. The summed E-state index contributed by atoms with van der Waals surface area (Å²) in [6.07, 6.45) is 2.28. The maximum atomic E-state index is 12.2. The van der Waals surface area contributed by atoms with Crippen LogP contribution in [0.4, 0.5) is 0 Å². The Morgan fingerprint density at radius 2 is 2.07 bits per heavy atom. The summed E-state index contributed by atoms with van der Waals surface area (Å²) in [4.78, 5) is 14.6. The van der Waals surface area contributed by atoms with Gasteiger partial charge < -0.3 is 19.2 Å². The fourth-order valence-corrected chi connectivity index (χ4v) is 3.84. The lowest BCUT2D eigenvalue weighted by molar-refractivity contribution is -0.121. The summed E-state index contributed by atoms with van der Waals surface area (Å²) in [5.74, 6) is 4.15. The lowest BCUT2D eigenvalue weighted by atomic mass is 10.2. The smallest absolute Gasteiger partial charge is 0.220 e. The molecule has 4 rings (SSSR count). The van der Waals surface area contributed by atoms with E-state index in [1.807, 2.05) is 30.3 Å². The van der Waals surface area contributed by atoms with Crippen LogP contribution in [0.3, 0.4) is 0 Å². The van der Waals surface area contributed by atoms with Crippen LogP contribution in [0, 0.1) is 5.92 Å². The Hall–Kier alpha value is -2.31. The fraction of sp³-hybridized carbons (Fsp3) is 0.542. The molecule has 30 heavy (non-hydrogen) atoms. The highest BCUT2D eigenvalue weighted by atomic mass is 16.5. The number of hydrogen-bond acceptors (Lipinski definition) is 5. The molecule has 1 aliphatic carbocycles. The Bertz CT molecular complexity index is 828. The minimum absolute atomic E-state index is 0.0337. The van der Waals surface area contributed by atoms with Crippen molar-refractivity contribution in [3.63, 3.8) is 0 Å². The molecule has 162 valence electrons. The normalized spacial score (nSPS) is 21.4. The monoisotopic (exact) mass is 412 g/mol. The Morgan fingerprint density at radius 1 is 1.23 bits per heavy atom. The summed E-state index contributed by atoms with van der Waals surface area (Å²) in [5.41, 5.74) is 1.04. The summed E-state index contributed by atoms with van der Waals surface area (Å²) < 4.78 is 17.1. The van der Waals surface area contributed by atoms with Crippen molar-refractivity contribution in [2.45, 2.75) is 38.6 Å². The summed E-state index contributed by atoms with van der Waals surface area (Å²) in [5, 5.41) is 2.99. The lowest BCUT2D eigenvalue weighted by Crippen LogP contribution is -2.38. The van der Waals surface area contributed by atoms with Crippen LogP contribution < -0.4 is 10.1 Å². The molecular formula is C24H32N2O4. The highest BCUT2D eigenvalue weighted by Crippen LogP contribution is 2.47. The van der Waals surface area contributed by atoms with Crippen LogP contribution in [0.2, 0.25) is 0 Å². The number of nitrogens with zero attached hydrogens (tertiary/aromatic N) is 1. The number of carbonyl (C=O) groups is 1. The molecular weight excluding hydrogens is 380 g/mol. The van der Waals surface area contributed by atoms with Crippen molar-refractivity contribution in [3.05, 3.63) is 53.5 Å². The van der Waals surface area contributed by atoms with Gasteiger partial charge in [-0.1, -0.05) is 19.1 Å². The number of ether oxygens (including phenoxy) is 2. The zero-order chi connectivity index (χ0) is 20.8. The number of amides is 1. The summed E-state index contributed by atoms with van der Waals surface area (Å²) >= 11 is 0. The quantitative estimate of drug-likeness (QED) is 0.648. The molecule has 0 bridgehead atoms. The largest absolute Gasteiger partial charge is 0.492 e. The predicted molar refractivity (Wildman–Crippen MR) is 115 cm³/mol. The zero-order valence-corrected chi connectivity index (χ0v) is 17.8. The highest BCUT2D eigenvalue weighted by Gasteiger charge is 2.36. The van der Waals surface area contributed by atoms with Crippen molar-refractivity contribution < 1.29 is 18.7 Å². The van der Waals surface area contributed by atoms with E-state index in [1.54, 1.807) is 0 Å². The molecule has 2 fully saturated rings. The first kappa shape index (κ1) is 20.9. The Kier molecular flexibility index (Phi) is 7.07. The van der Waals surface area contributed by atoms with E-state index >= 15 is 0 Å². The fourth-order valence-electron chi connectivity index (χ4n) is 3.84. The number of hydrogen-bond donors (Lipinski definition) is 1. The number of rotatable bonds is 10. The van der Waals surface area contributed by atoms with Gasteiger partial charge in [0.15, 0.2) is 0 Å². The van der Waals surface area contributed by atoms with Gasteiger partial charge in [0.25, 0.3) is 0 Å². The molecule has 2 aliphatic rings. The van der Waals surface area contributed by atoms with Gasteiger partial charge in [0, 0.05) is 44.9 Å². The molecule has 2 aromatic rings. The van der Waals surface area contributed by atoms with Crippen molar-refractivity contribution in [1.82, 2.24) is 10.2 Å². The van der Waals surface area contributed by atoms with Gasteiger partial charge >= 0.3 is 0 Å². The van der Waals surface area contributed by atoms with Gasteiger partial charge in [0.2, 0.25) is 5.91 Å². The van der Waals surface area contributed by atoms with E-state index in [0.717, 1.165) is 61.6 Å². The van der Waals surface area contributed by atoms with Crippen LogP contribution in [0.5, 0.6) is 5.75 Å². The Balaban J connectivity index is 1.15. The van der Waals surface area contributed by atoms with E-state index in [0.29, 0.717) is 31.9 Å². The zero-order valence-electron chi connectivity index (χ0n) is 17.8. The SMILES string of the molecule is CC1CC1c1ccc(CCC(=O)NCc2cccc(OCCN3CCOCC3)c2)o1. The van der Waals surface area contributed by atoms with Crippen molar-refractivity contribution in [1.29, 1.82) is 0 Å². The third-order valence-electron chi connectivity index (χ3n) is 5.92. The molecule has 2 unspecified atom stereocenters. The molecule has 1 saturated carbocycles. The maximum Gasteiger partial charge on any atom is 0.220 e. The van der Waals surface area contributed by atoms with E-state index < -0.39 is 0 Å². The number of nitrogens with one attached hydrogen (secondary N) is 1. The standard InChI is InChI=1S/C24H32N2O4/c1-18-15-22(18)23-7-5-20(30-23)6-8-24(27)25-17-19-3-2-4-21(16-19)29-14-11-26-9-12-28-13-10-26/h2-5,7,16,18,22H,6,8-15,17H2,1H3,(H,25,27). The Morgan fingerprint density at radius 3 is 2.87 bits per heavy atom. The number of morpholine rings is 1. The van der Waals surface area contributed by atoms with E-state index in [9.17, 15) is 4.79 Å². The van der Waals surface area contributed by atoms with E-state index in [1.165, 1.54) is 6.42 Å². The first-order chi connectivity index (χ1) is 14.7. The van der Waals surface area contributed by atoms with Crippen molar-refractivity contribution in [2.24, 2.45) is 5.92 Å². The average Bonchev–Trinajstić information content (AvgIpc) is 3.31. The summed E-state index contributed by atoms with van der Waals surface area (Å²) in [7, 11) is 0. The maximum absolute atomic E-state index is 12.2. The molecule has 0 spiro atoms. The van der Waals surface area contributed by atoms with Gasteiger partial charge in [0.05, 0.1) is 13.2 Å². The first-order valence-corrected chi connectivity index (χ1v) is 11.0. The van der Waals surface area contributed by atoms with E-state index in [2.05, 4.69) is 23.2 Å². The molecule has 1 aliphatic heterocycles. The third-order valence-corrected chi connectivity index (χ3v) is 5.92. The highest BCUT2D eigenvalue weighted by molar-refractivity contribution is 5.76. The van der Waals surface area contributed by atoms with Gasteiger partial charge in [-0.25, -0.2) is 0 Å². The van der Waals surface area contributed by atoms with E-state index in [-0.39, 0.29) is 5.91 Å². The van der Waals surface area contributed by atoms with E-state index in [4.69, 9.17) is 13.9 Å². The second-order valence-electron chi connectivity index (χ2n) is 8.35. The third kappa shape index (κ3) is 6.09. The van der Waals surface area contributed by atoms with Crippen LogP contribution in [-0.2, 0) is 22.5 Å². The van der Waals surface area contributed by atoms with Crippen LogP contribution >= 0.6 is 0 Å². The van der Waals surface area contributed by atoms with Crippen LogP contribution in [0.15, 0.2) is 40.8 Å². The molecule has 1 aromatic carbocycles. The summed E-state index contributed by atoms with van der Waals surface area (Å²) in [6.45, 7) is 7.83. The number of furan rings is 1. The van der Waals surface area contributed by atoms with Crippen molar-refractivity contribution in [3.8, 4) is 5.75 Å². The van der Waals surface area contributed by atoms with Gasteiger partial charge in [-0.15, -0.1) is 0 Å². The molecule has 2 heterocycles. The first-order valence-electron chi connectivity index (χ1n) is 11.0. The molecule has 1 aromatic heterocycles. The molecule has 6 heteroatoms. The minimum Gasteiger partial charge on any atom is -0.492 e. The topological polar surface area (TPSA) is 63.9 Å². The predicted octanol–water partition coefficient (Wildman–Crippen LogP) is 3.36. The molecule has 1 N–H and O–H groups in total. The molecule has 2 atom stereocenters. The van der Waals surface area contributed by atoms with Crippen molar-refractivity contribution in [2.75, 3.05) is 39.5 Å². The minimum atomic E-state index is 0.0337. The molecule has 0 radical (unpaired) electrons. The second-order valence-corrected chi connectivity index (χ2v) is 8.35. The van der Waals surface area contributed by atoms with Gasteiger partial charge in [-0.3, -0.25) is 9.69 Å².